The molecule has 0 aliphatic carbocycles. The lowest BCUT2D eigenvalue weighted by Crippen LogP contribution is -2.45. The summed E-state index contributed by atoms with van der Waals surface area (Å²) in [5, 5.41) is 16.0. The lowest BCUT2D eigenvalue weighted by molar-refractivity contribution is 0.153. The Kier molecular flexibility index (Phi) is 6.92. The number of likely N-dealkylation sites (N-methyl/N-ethyl adjacent to an activating group) is 1. The Balaban J connectivity index is 1.49. The molecule has 5 rings (SSSR count). The summed E-state index contributed by atoms with van der Waals surface area (Å²) in [5.74, 6) is 1.30. The molecule has 1 unspecified atom stereocenters. The third kappa shape index (κ3) is 5.13. The van der Waals surface area contributed by atoms with E-state index in [1.54, 1.807) is 0 Å². The second kappa shape index (κ2) is 10.3. The third-order valence-corrected chi connectivity index (χ3v) is 7.02. The van der Waals surface area contributed by atoms with Gasteiger partial charge < -0.3 is 29.9 Å². The van der Waals surface area contributed by atoms with Gasteiger partial charge in [-0.3, -0.25) is 0 Å². The molecule has 3 aromatic rings. The fourth-order valence-corrected chi connectivity index (χ4v) is 5.11. The first-order chi connectivity index (χ1) is 17.0. The normalized spacial score (nSPS) is 17.0. The van der Waals surface area contributed by atoms with Gasteiger partial charge in [0.1, 0.15) is 17.7 Å². The molecule has 0 spiro atoms. The summed E-state index contributed by atoms with van der Waals surface area (Å²) in [6, 6.07) is 12.4. The number of fused-ring (bicyclic) bond motifs is 2. The number of ether oxygens (including phenoxy) is 1. The number of hydrogen-bond acceptors (Lipinski definition) is 8. The number of rotatable bonds is 7. The van der Waals surface area contributed by atoms with Crippen molar-refractivity contribution < 1.29 is 9.84 Å². The molecule has 8 nitrogen and oxygen atoms in total. The molecule has 8 heteroatoms. The summed E-state index contributed by atoms with van der Waals surface area (Å²) in [6.45, 7) is 11.3. The maximum Gasteiger partial charge on any atom is 0.318 e. The first-order valence-corrected chi connectivity index (χ1v) is 12.7. The Bertz CT molecular complexity index is 1180. The maximum absolute atomic E-state index is 10.4. The lowest BCUT2D eigenvalue weighted by Gasteiger charge is -2.35. The number of anilines is 2. The third-order valence-electron chi connectivity index (χ3n) is 7.02. The van der Waals surface area contributed by atoms with Gasteiger partial charge in [-0.2, -0.15) is 9.97 Å². The van der Waals surface area contributed by atoms with Crippen LogP contribution in [0.15, 0.2) is 36.4 Å². The van der Waals surface area contributed by atoms with Crippen LogP contribution in [0.5, 0.6) is 11.8 Å². The van der Waals surface area contributed by atoms with Gasteiger partial charge in [0.2, 0.25) is 0 Å². The first-order valence-electron chi connectivity index (χ1n) is 12.7. The molecule has 2 N–H and O–H groups in total. The Morgan fingerprint density at radius 3 is 2.71 bits per heavy atom. The number of nitrogens with zero attached hydrogens (tertiary/aromatic N) is 5. The highest BCUT2D eigenvalue weighted by Gasteiger charge is 2.27. The highest BCUT2D eigenvalue weighted by molar-refractivity contribution is 5.95. The molecule has 1 saturated heterocycles. The molecular formula is C27H36N6O2. The van der Waals surface area contributed by atoms with E-state index in [0.717, 1.165) is 80.2 Å². The van der Waals surface area contributed by atoms with Crippen LogP contribution in [0.25, 0.3) is 10.8 Å². The quantitative estimate of drug-likeness (QED) is 0.539. The predicted molar refractivity (Wildman–Crippen MR) is 141 cm³/mol. The molecule has 0 bridgehead atoms. The molecule has 0 saturated carbocycles. The monoisotopic (exact) mass is 476 g/mol. The van der Waals surface area contributed by atoms with Gasteiger partial charge in [-0.1, -0.05) is 31.2 Å². The summed E-state index contributed by atoms with van der Waals surface area (Å²) in [5.41, 5.74) is 3.27. The zero-order valence-corrected chi connectivity index (χ0v) is 21.0. The molecule has 2 aliphatic rings. The molecule has 0 radical (unpaired) electrons. The molecule has 186 valence electrons. The zero-order chi connectivity index (χ0) is 24.4. The number of phenolic OH excluding ortho intramolecular Hbond substituents is 1. The maximum atomic E-state index is 10.4. The van der Waals surface area contributed by atoms with Crippen molar-refractivity contribution in [3.05, 3.63) is 47.7 Å². The van der Waals surface area contributed by atoms with Crippen LogP contribution >= 0.6 is 0 Å². The number of aromatic hydroxyl groups is 1. The van der Waals surface area contributed by atoms with Gasteiger partial charge in [-0.15, -0.1) is 0 Å². The molecule has 0 amide bonds. The van der Waals surface area contributed by atoms with E-state index in [0.29, 0.717) is 12.6 Å². The van der Waals surface area contributed by atoms with Crippen molar-refractivity contribution >= 4 is 22.3 Å². The summed E-state index contributed by atoms with van der Waals surface area (Å²) in [7, 11) is 2.09. The number of benzene rings is 2. The van der Waals surface area contributed by atoms with Gasteiger partial charge in [0.05, 0.1) is 12.2 Å². The average molecular weight is 477 g/mol. The molecule has 2 aromatic carbocycles. The minimum atomic E-state index is -0.0106. The van der Waals surface area contributed by atoms with E-state index >= 15 is 0 Å². The minimum Gasteiger partial charge on any atom is -0.508 e. The van der Waals surface area contributed by atoms with E-state index in [-0.39, 0.29) is 11.9 Å². The van der Waals surface area contributed by atoms with Crippen molar-refractivity contribution in [1.29, 1.82) is 0 Å². The second-order valence-corrected chi connectivity index (χ2v) is 9.63. The fraction of sp³-hybridized carbons (Fsp3) is 0.481. The van der Waals surface area contributed by atoms with Crippen LogP contribution in [0, 0.1) is 0 Å². The van der Waals surface area contributed by atoms with Crippen LogP contribution in [-0.4, -0.2) is 78.9 Å². The molecule has 2 aliphatic heterocycles. The van der Waals surface area contributed by atoms with E-state index in [9.17, 15) is 5.11 Å². The van der Waals surface area contributed by atoms with Crippen LogP contribution in [0.1, 0.15) is 25.1 Å². The Morgan fingerprint density at radius 1 is 1.11 bits per heavy atom. The molecule has 1 atom stereocenters. The Hall–Kier alpha value is -3.10. The first kappa shape index (κ1) is 23.6. The molecule has 3 heterocycles. The van der Waals surface area contributed by atoms with Crippen LogP contribution in [0.3, 0.4) is 0 Å². The summed E-state index contributed by atoms with van der Waals surface area (Å²) < 4.78 is 6.25. The molecule has 35 heavy (non-hydrogen) atoms. The number of nitrogens with one attached hydrogen (secondary N) is 1. The highest BCUT2D eigenvalue weighted by Crippen LogP contribution is 2.36. The topological polar surface area (TPSA) is 77.0 Å². The van der Waals surface area contributed by atoms with Crippen molar-refractivity contribution in [3.63, 3.8) is 0 Å². The molecular weight excluding hydrogens is 440 g/mol. The standard InChI is InChI=1S/C27H36N6O2/c1-4-31(3)17-19(2)35-27-29-24-18-33(25-16-21(34)15-20-7-5-6-8-22(20)25)12-9-23(24)26(30-27)32-13-10-28-11-14-32/h5-8,15-16,19,28,34H,4,9-14,17-18H2,1-3H3. The highest BCUT2D eigenvalue weighted by atomic mass is 16.5. The Labute approximate surface area is 207 Å². The van der Waals surface area contributed by atoms with E-state index in [1.807, 2.05) is 30.3 Å². The predicted octanol–water partition coefficient (Wildman–Crippen LogP) is 3.03. The van der Waals surface area contributed by atoms with Crippen molar-refractivity contribution in [1.82, 2.24) is 20.2 Å². The Morgan fingerprint density at radius 2 is 1.91 bits per heavy atom. The summed E-state index contributed by atoms with van der Waals surface area (Å²) in [6.07, 6.45) is 0.844. The SMILES string of the molecule is CCN(C)CC(C)Oc1nc2c(c(N3CCNCC3)n1)CCN(c1cc(O)cc3ccccc13)C2. The van der Waals surface area contributed by atoms with Gasteiger partial charge in [-0.05, 0) is 38.4 Å². The van der Waals surface area contributed by atoms with Gasteiger partial charge in [0.25, 0.3) is 0 Å². The van der Waals surface area contributed by atoms with Crippen molar-refractivity contribution in [2.45, 2.75) is 32.9 Å². The number of hydrogen-bond donors (Lipinski definition) is 2. The van der Waals surface area contributed by atoms with Gasteiger partial charge in [0.15, 0.2) is 0 Å². The number of piperazine rings is 1. The van der Waals surface area contributed by atoms with Crippen LogP contribution in [0.2, 0.25) is 0 Å². The van der Waals surface area contributed by atoms with Crippen LogP contribution in [-0.2, 0) is 13.0 Å². The largest absolute Gasteiger partial charge is 0.508 e. The fourth-order valence-electron chi connectivity index (χ4n) is 5.11. The van der Waals surface area contributed by atoms with Crippen molar-refractivity contribution in [3.8, 4) is 11.8 Å². The smallest absolute Gasteiger partial charge is 0.318 e. The number of phenols is 1. The summed E-state index contributed by atoms with van der Waals surface area (Å²) >= 11 is 0. The lowest BCUT2D eigenvalue weighted by atomic mass is 10.0. The van der Waals surface area contributed by atoms with Crippen molar-refractivity contribution in [2.24, 2.45) is 0 Å². The van der Waals surface area contributed by atoms with Gasteiger partial charge >= 0.3 is 6.01 Å². The van der Waals surface area contributed by atoms with E-state index in [1.165, 1.54) is 5.56 Å². The zero-order valence-electron chi connectivity index (χ0n) is 21.0. The van der Waals surface area contributed by atoms with Gasteiger partial charge in [0, 0.05) is 62.0 Å². The number of aromatic nitrogens is 2. The molecule has 1 fully saturated rings. The van der Waals surface area contributed by atoms with E-state index < -0.39 is 0 Å². The van der Waals surface area contributed by atoms with E-state index in [2.05, 4.69) is 47.0 Å². The van der Waals surface area contributed by atoms with Crippen LogP contribution in [0.4, 0.5) is 11.5 Å². The van der Waals surface area contributed by atoms with Crippen LogP contribution < -0.4 is 19.9 Å². The molecule has 1 aromatic heterocycles. The minimum absolute atomic E-state index is 0.0106. The van der Waals surface area contributed by atoms with Crippen molar-refractivity contribution in [2.75, 3.05) is 62.7 Å². The van der Waals surface area contributed by atoms with E-state index in [4.69, 9.17) is 14.7 Å². The van der Waals surface area contributed by atoms with Gasteiger partial charge in [-0.25, -0.2) is 0 Å². The second-order valence-electron chi connectivity index (χ2n) is 9.63. The average Bonchev–Trinajstić information content (AvgIpc) is 2.87. The summed E-state index contributed by atoms with van der Waals surface area (Å²) in [4.78, 5) is 16.8.